The highest BCUT2D eigenvalue weighted by atomic mass is 16.2. The number of benzene rings is 1. The highest BCUT2D eigenvalue weighted by Gasteiger charge is 2.32. The summed E-state index contributed by atoms with van der Waals surface area (Å²) in [5.74, 6) is -0.159. The number of piperazine rings is 1. The number of nitrogens with zero attached hydrogens (tertiary/aromatic N) is 5. The molecule has 2 aromatic rings. The van der Waals surface area contributed by atoms with Crippen molar-refractivity contribution >= 4 is 17.5 Å². The maximum Gasteiger partial charge on any atom is 0.250 e. The third-order valence-electron chi connectivity index (χ3n) is 6.27. The topological polar surface area (TPSA) is 73.7 Å². The minimum absolute atomic E-state index is 0.0597. The molecule has 0 bridgehead atoms. The van der Waals surface area contributed by atoms with E-state index < -0.39 is 6.04 Å². The third-order valence-corrected chi connectivity index (χ3v) is 6.27. The number of imidazole rings is 1. The molecule has 2 aliphatic heterocycles. The van der Waals surface area contributed by atoms with Gasteiger partial charge in [-0.1, -0.05) is 18.2 Å². The molecule has 0 radical (unpaired) electrons. The summed E-state index contributed by atoms with van der Waals surface area (Å²) < 4.78 is 1.74. The zero-order valence-corrected chi connectivity index (χ0v) is 18.2. The molecule has 8 heteroatoms. The number of likely N-dealkylation sites (N-methyl/N-ethyl adjacent to an activating group) is 1. The number of hydrogen-bond donors (Lipinski definition) is 1. The summed E-state index contributed by atoms with van der Waals surface area (Å²) in [6.07, 6.45) is 6.89. The normalized spacial score (nSPS) is 18.0. The standard InChI is InChI=1S/C23H32N6O2/c1-26-13-15-27(16-14-26)10-4-8-25-22(30)17-21(28-12-9-24-18-28)23(31)29-11-7-19-5-2-3-6-20(19)29/h2-3,5-6,9,12,18,21H,4,7-8,10-11,13-17H2,1H3,(H,25,30). The lowest BCUT2D eigenvalue weighted by Gasteiger charge is -2.32. The Hall–Kier alpha value is -2.71. The molecule has 0 aliphatic carbocycles. The molecular formula is C23H32N6O2. The van der Waals surface area contributed by atoms with Crippen molar-refractivity contribution in [1.29, 1.82) is 0 Å². The van der Waals surface area contributed by atoms with Crippen molar-refractivity contribution in [3.8, 4) is 0 Å². The predicted octanol–water partition coefficient (Wildman–Crippen LogP) is 1.16. The van der Waals surface area contributed by atoms with Crippen LogP contribution < -0.4 is 10.2 Å². The maximum atomic E-state index is 13.4. The molecule has 1 fully saturated rings. The fourth-order valence-corrected chi connectivity index (χ4v) is 4.37. The van der Waals surface area contributed by atoms with Crippen LogP contribution >= 0.6 is 0 Å². The Morgan fingerprint density at radius 2 is 1.94 bits per heavy atom. The van der Waals surface area contributed by atoms with E-state index in [9.17, 15) is 9.59 Å². The van der Waals surface area contributed by atoms with E-state index >= 15 is 0 Å². The van der Waals surface area contributed by atoms with Crippen molar-refractivity contribution in [3.05, 3.63) is 48.5 Å². The summed E-state index contributed by atoms with van der Waals surface area (Å²) in [7, 11) is 2.15. The van der Waals surface area contributed by atoms with E-state index in [0.29, 0.717) is 13.1 Å². The van der Waals surface area contributed by atoms with E-state index in [4.69, 9.17) is 0 Å². The van der Waals surface area contributed by atoms with E-state index in [1.54, 1.807) is 28.2 Å². The van der Waals surface area contributed by atoms with Gasteiger partial charge in [0.15, 0.2) is 0 Å². The first-order valence-electron chi connectivity index (χ1n) is 11.2. The Kier molecular flexibility index (Phi) is 6.99. The van der Waals surface area contributed by atoms with Gasteiger partial charge in [0.05, 0.1) is 12.7 Å². The molecule has 1 saturated heterocycles. The molecule has 1 atom stereocenters. The van der Waals surface area contributed by atoms with Gasteiger partial charge < -0.3 is 24.6 Å². The van der Waals surface area contributed by atoms with Crippen LogP contribution in [0.15, 0.2) is 43.0 Å². The molecule has 0 saturated carbocycles. The average molecular weight is 425 g/mol. The molecule has 4 rings (SSSR count). The summed E-state index contributed by atoms with van der Waals surface area (Å²) in [6, 6.07) is 7.39. The van der Waals surface area contributed by atoms with Crippen LogP contribution in [0.3, 0.4) is 0 Å². The Morgan fingerprint density at radius 1 is 1.13 bits per heavy atom. The van der Waals surface area contributed by atoms with Gasteiger partial charge in [-0.15, -0.1) is 0 Å². The highest BCUT2D eigenvalue weighted by molar-refractivity contribution is 6.00. The molecule has 1 unspecified atom stereocenters. The Bertz CT molecular complexity index is 876. The minimum Gasteiger partial charge on any atom is -0.356 e. The minimum atomic E-state index is -0.591. The van der Waals surface area contributed by atoms with Crippen LogP contribution in [-0.4, -0.2) is 84.0 Å². The van der Waals surface area contributed by atoms with Gasteiger partial charge in [-0.2, -0.15) is 0 Å². The molecule has 166 valence electrons. The van der Waals surface area contributed by atoms with E-state index in [1.807, 2.05) is 18.2 Å². The molecule has 2 aliphatic rings. The lowest BCUT2D eigenvalue weighted by atomic mass is 10.1. The van der Waals surface area contributed by atoms with Gasteiger partial charge in [-0.3, -0.25) is 9.59 Å². The van der Waals surface area contributed by atoms with Crippen molar-refractivity contribution in [2.45, 2.75) is 25.3 Å². The van der Waals surface area contributed by atoms with Crippen LogP contribution in [0.2, 0.25) is 0 Å². The van der Waals surface area contributed by atoms with Crippen LogP contribution in [0, 0.1) is 0 Å². The summed E-state index contributed by atoms with van der Waals surface area (Å²) in [5, 5.41) is 3.01. The predicted molar refractivity (Wildman–Crippen MR) is 120 cm³/mol. The zero-order valence-electron chi connectivity index (χ0n) is 18.2. The number of anilines is 1. The first kappa shape index (κ1) is 21.5. The van der Waals surface area contributed by atoms with E-state index in [-0.39, 0.29) is 18.2 Å². The van der Waals surface area contributed by atoms with Crippen molar-refractivity contribution < 1.29 is 9.59 Å². The smallest absolute Gasteiger partial charge is 0.250 e. The van der Waals surface area contributed by atoms with Gasteiger partial charge >= 0.3 is 0 Å². The number of carbonyl (C=O) groups excluding carboxylic acids is 2. The fraction of sp³-hybridized carbons (Fsp3) is 0.522. The largest absolute Gasteiger partial charge is 0.356 e. The second-order valence-corrected chi connectivity index (χ2v) is 8.45. The fourth-order valence-electron chi connectivity index (χ4n) is 4.37. The van der Waals surface area contributed by atoms with E-state index in [1.165, 1.54) is 5.56 Å². The SMILES string of the molecule is CN1CCN(CCCNC(=O)CC(C(=O)N2CCc3ccccc32)n2ccnc2)CC1. The Labute approximate surface area is 183 Å². The lowest BCUT2D eigenvalue weighted by molar-refractivity contribution is -0.128. The van der Waals surface area contributed by atoms with Crippen LogP contribution in [0.1, 0.15) is 24.4 Å². The molecule has 1 aromatic carbocycles. The number of para-hydroxylation sites is 1. The number of fused-ring (bicyclic) bond motifs is 1. The number of hydrogen-bond acceptors (Lipinski definition) is 5. The molecule has 1 aromatic heterocycles. The van der Waals surface area contributed by atoms with Crippen LogP contribution in [0.25, 0.3) is 0 Å². The second kappa shape index (κ2) is 10.1. The van der Waals surface area contributed by atoms with Gasteiger partial charge in [0.25, 0.3) is 5.91 Å². The first-order chi connectivity index (χ1) is 15.1. The van der Waals surface area contributed by atoms with Gasteiger partial charge in [0, 0.05) is 57.3 Å². The van der Waals surface area contributed by atoms with Crippen molar-refractivity contribution in [3.63, 3.8) is 0 Å². The van der Waals surface area contributed by atoms with Crippen molar-refractivity contribution in [2.24, 2.45) is 0 Å². The number of rotatable bonds is 8. The number of nitrogens with one attached hydrogen (secondary N) is 1. The Morgan fingerprint density at radius 3 is 2.71 bits per heavy atom. The lowest BCUT2D eigenvalue weighted by Crippen LogP contribution is -2.45. The summed E-state index contributed by atoms with van der Waals surface area (Å²) in [4.78, 5) is 36.7. The van der Waals surface area contributed by atoms with Crippen molar-refractivity contribution in [1.82, 2.24) is 24.7 Å². The van der Waals surface area contributed by atoms with Crippen LogP contribution in [-0.2, 0) is 16.0 Å². The van der Waals surface area contributed by atoms with Gasteiger partial charge in [-0.25, -0.2) is 4.98 Å². The molecule has 2 amide bonds. The van der Waals surface area contributed by atoms with E-state index in [2.05, 4.69) is 33.2 Å². The van der Waals surface area contributed by atoms with Gasteiger partial charge in [-0.05, 0) is 38.1 Å². The monoisotopic (exact) mass is 424 g/mol. The average Bonchev–Trinajstić information content (AvgIpc) is 3.46. The molecule has 1 N–H and O–H groups in total. The highest BCUT2D eigenvalue weighted by Crippen LogP contribution is 2.30. The Balaban J connectivity index is 1.31. The summed E-state index contributed by atoms with van der Waals surface area (Å²) in [5.41, 5.74) is 2.12. The number of aromatic nitrogens is 2. The molecular weight excluding hydrogens is 392 g/mol. The van der Waals surface area contributed by atoms with Gasteiger partial charge in [0.2, 0.25) is 5.91 Å². The van der Waals surface area contributed by atoms with Crippen molar-refractivity contribution in [2.75, 3.05) is 57.8 Å². The van der Waals surface area contributed by atoms with E-state index in [0.717, 1.165) is 51.3 Å². The number of carbonyl (C=O) groups is 2. The number of amides is 2. The van der Waals surface area contributed by atoms with Gasteiger partial charge in [0.1, 0.15) is 6.04 Å². The first-order valence-corrected chi connectivity index (χ1v) is 11.2. The quantitative estimate of drug-likeness (QED) is 0.644. The molecule has 31 heavy (non-hydrogen) atoms. The zero-order chi connectivity index (χ0) is 21.6. The third kappa shape index (κ3) is 5.32. The summed E-state index contributed by atoms with van der Waals surface area (Å²) in [6.45, 7) is 6.63. The maximum absolute atomic E-state index is 13.4. The molecule has 3 heterocycles. The van der Waals surface area contributed by atoms with Crippen LogP contribution in [0.5, 0.6) is 0 Å². The summed E-state index contributed by atoms with van der Waals surface area (Å²) >= 11 is 0. The molecule has 0 spiro atoms. The van der Waals surface area contributed by atoms with Crippen LogP contribution in [0.4, 0.5) is 5.69 Å². The second-order valence-electron chi connectivity index (χ2n) is 8.45. The molecule has 8 nitrogen and oxygen atoms in total.